The molecule has 1 fully saturated rings. The number of para-hydroxylation sites is 1. The summed E-state index contributed by atoms with van der Waals surface area (Å²) in [6.45, 7) is 1.72. The van der Waals surface area contributed by atoms with Crippen LogP contribution in [0.4, 0.5) is 11.6 Å². The number of anilines is 2. The minimum absolute atomic E-state index is 0.121. The van der Waals surface area contributed by atoms with Gasteiger partial charge in [0.15, 0.2) is 0 Å². The summed E-state index contributed by atoms with van der Waals surface area (Å²) >= 11 is 0. The van der Waals surface area contributed by atoms with Crippen molar-refractivity contribution in [1.29, 1.82) is 0 Å². The highest BCUT2D eigenvalue weighted by Crippen LogP contribution is 2.21. The summed E-state index contributed by atoms with van der Waals surface area (Å²) in [5, 5.41) is 3.20. The van der Waals surface area contributed by atoms with E-state index >= 15 is 0 Å². The zero-order chi connectivity index (χ0) is 18.5. The van der Waals surface area contributed by atoms with Crippen LogP contribution in [0.2, 0.25) is 0 Å². The molecule has 0 unspecified atom stereocenters. The number of rotatable bonds is 4. The van der Waals surface area contributed by atoms with Crippen molar-refractivity contribution < 1.29 is 4.79 Å². The second-order valence-electron chi connectivity index (χ2n) is 6.69. The fourth-order valence-electron chi connectivity index (χ4n) is 3.29. The topological polar surface area (TPSA) is 58.1 Å². The average molecular weight is 358 g/mol. The highest BCUT2D eigenvalue weighted by atomic mass is 16.2. The maximum atomic E-state index is 12.6. The lowest BCUT2D eigenvalue weighted by molar-refractivity contribution is 0.0724. The van der Waals surface area contributed by atoms with Gasteiger partial charge < -0.3 is 10.2 Å². The van der Waals surface area contributed by atoms with Crippen LogP contribution in [0.1, 0.15) is 29.6 Å². The largest absolute Gasteiger partial charge is 0.339 e. The van der Waals surface area contributed by atoms with Gasteiger partial charge in [-0.3, -0.25) is 4.79 Å². The molecule has 136 valence electrons. The molecule has 2 heterocycles. The van der Waals surface area contributed by atoms with Crippen LogP contribution in [-0.2, 0) is 0 Å². The van der Waals surface area contributed by atoms with Gasteiger partial charge in [0.05, 0.1) is 5.69 Å². The van der Waals surface area contributed by atoms with Crippen LogP contribution in [0, 0.1) is 0 Å². The Morgan fingerprint density at radius 2 is 1.63 bits per heavy atom. The first kappa shape index (κ1) is 17.2. The molecule has 0 spiro atoms. The number of carbonyl (C=O) groups is 1. The summed E-state index contributed by atoms with van der Waals surface area (Å²) in [7, 11) is 0. The molecule has 0 radical (unpaired) electrons. The van der Waals surface area contributed by atoms with Gasteiger partial charge in [-0.1, -0.05) is 30.3 Å². The highest BCUT2D eigenvalue weighted by molar-refractivity contribution is 5.94. The van der Waals surface area contributed by atoms with E-state index in [9.17, 15) is 4.79 Å². The van der Waals surface area contributed by atoms with Gasteiger partial charge in [0.1, 0.15) is 0 Å². The van der Waals surface area contributed by atoms with Crippen molar-refractivity contribution in [3.63, 3.8) is 0 Å². The van der Waals surface area contributed by atoms with Gasteiger partial charge in [0.25, 0.3) is 5.91 Å². The summed E-state index contributed by atoms with van der Waals surface area (Å²) in [4.78, 5) is 23.4. The van der Waals surface area contributed by atoms with Crippen molar-refractivity contribution in [2.24, 2.45) is 0 Å². The summed E-state index contributed by atoms with van der Waals surface area (Å²) in [5.41, 5.74) is 3.46. The first-order valence-corrected chi connectivity index (χ1v) is 9.34. The molecule has 0 bridgehead atoms. The number of likely N-dealkylation sites (tertiary alicyclic amines) is 1. The van der Waals surface area contributed by atoms with Crippen LogP contribution in [-0.4, -0.2) is 33.9 Å². The van der Waals surface area contributed by atoms with Crippen molar-refractivity contribution in [1.82, 2.24) is 14.9 Å². The number of aromatic nitrogens is 2. The Bertz CT molecular complexity index is 903. The molecule has 1 aromatic heterocycles. The van der Waals surface area contributed by atoms with Crippen LogP contribution >= 0.6 is 0 Å². The molecule has 5 nitrogen and oxygen atoms in total. The Kier molecular flexibility index (Phi) is 5.10. The van der Waals surface area contributed by atoms with E-state index in [1.54, 1.807) is 6.20 Å². The number of piperidine rings is 1. The van der Waals surface area contributed by atoms with E-state index in [1.165, 1.54) is 6.42 Å². The molecule has 5 heteroatoms. The second-order valence-corrected chi connectivity index (χ2v) is 6.69. The van der Waals surface area contributed by atoms with E-state index in [4.69, 9.17) is 0 Å². The van der Waals surface area contributed by atoms with Gasteiger partial charge in [0, 0.05) is 36.1 Å². The molecular weight excluding hydrogens is 336 g/mol. The summed E-state index contributed by atoms with van der Waals surface area (Å²) in [5.74, 6) is 0.669. The monoisotopic (exact) mass is 358 g/mol. The van der Waals surface area contributed by atoms with Crippen LogP contribution in [0.3, 0.4) is 0 Å². The molecule has 1 N–H and O–H groups in total. The fourth-order valence-corrected chi connectivity index (χ4v) is 3.29. The summed E-state index contributed by atoms with van der Waals surface area (Å²) < 4.78 is 0. The van der Waals surface area contributed by atoms with Gasteiger partial charge in [-0.25, -0.2) is 9.97 Å². The van der Waals surface area contributed by atoms with Crippen molar-refractivity contribution >= 4 is 17.5 Å². The zero-order valence-electron chi connectivity index (χ0n) is 15.1. The van der Waals surface area contributed by atoms with E-state index in [0.29, 0.717) is 5.95 Å². The van der Waals surface area contributed by atoms with Crippen LogP contribution in [0.5, 0.6) is 0 Å². The lowest BCUT2D eigenvalue weighted by atomic mass is 10.1. The second kappa shape index (κ2) is 7.99. The van der Waals surface area contributed by atoms with E-state index < -0.39 is 0 Å². The zero-order valence-corrected chi connectivity index (χ0v) is 15.1. The number of hydrogen-bond acceptors (Lipinski definition) is 4. The third-order valence-corrected chi connectivity index (χ3v) is 4.76. The molecule has 4 rings (SSSR count). The number of benzene rings is 2. The Morgan fingerprint density at radius 1 is 0.889 bits per heavy atom. The van der Waals surface area contributed by atoms with Gasteiger partial charge in [-0.15, -0.1) is 0 Å². The Morgan fingerprint density at radius 3 is 2.37 bits per heavy atom. The third-order valence-electron chi connectivity index (χ3n) is 4.76. The molecule has 0 atom stereocenters. The molecule has 1 amide bonds. The number of carbonyl (C=O) groups excluding carboxylic acids is 1. The highest BCUT2D eigenvalue weighted by Gasteiger charge is 2.18. The standard InChI is InChI=1S/C22H22N4O/c27-21(26-15-5-2-6-16-26)18-11-9-17(10-12-18)20-13-14-23-22(25-20)24-19-7-3-1-4-8-19/h1,3-4,7-14H,2,5-6,15-16H2,(H,23,24,25). The maximum Gasteiger partial charge on any atom is 0.253 e. The predicted molar refractivity (Wildman–Crippen MR) is 107 cm³/mol. The normalized spacial score (nSPS) is 14.0. The third kappa shape index (κ3) is 4.14. The quantitative estimate of drug-likeness (QED) is 0.745. The molecule has 2 aromatic carbocycles. The SMILES string of the molecule is O=C(c1ccc(-c2ccnc(Nc3ccccc3)n2)cc1)N1CCCCC1. The Hall–Kier alpha value is -3.21. The number of hydrogen-bond donors (Lipinski definition) is 1. The number of amides is 1. The average Bonchev–Trinajstić information content (AvgIpc) is 2.75. The van der Waals surface area contributed by atoms with Crippen molar-refractivity contribution in [3.05, 3.63) is 72.4 Å². The minimum Gasteiger partial charge on any atom is -0.339 e. The summed E-state index contributed by atoms with van der Waals surface area (Å²) in [6.07, 6.45) is 5.15. The minimum atomic E-state index is 0.121. The molecule has 0 saturated carbocycles. The van der Waals surface area contributed by atoms with E-state index in [1.807, 2.05) is 65.6 Å². The number of nitrogens with one attached hydrogen (secondary N) is 1. The smallest absolute Gasteiger partial charge is 0.253 e. The summed E-state index contributed by atoms with van der Waals surface area (Å²) in [6, 6.07) is 19.4. The molecule has 1 aliphatic rings. The van der Waals surface area contributed by atoms with Gasteiger partial charge >= 0.3 is 0 Å². The van der Waals surface area contributed by atoms with E-state index in [0.717, 1.165) is 48.4 Å². The van der Waals surface area contributed by atoms with Crippen LogP contribution in [0.15, 0.2) is 66.9 Å². The Balaban J connectivity index is 1.50. The molecular formula is C22H22N4O. The van der Waals surface area contributed by atoms with Gasteiger partial charge in [-0.2, -0.15) is 0 Å². The lowest BCUT2D eigenvalue weighted by Crippen LogP contribution is -2.35. The molecule has 0 aliphatic carbocycles. The molecule has 3 aromatic rings. The van der Waals surface area contributed by atoms with Gasteiger partial charge in [-0.05, 0) is 49.6 Å². The van der Waals surface area contributed by atoms with Crippen molar-refractivity contribution in [3.8, 4) is 11.3 Å². The predicted octanol–water partition coefficient (Wildman–Crippen LogP) is 4.51. The van der Waals surface area contributed by atoms with Crippen molar-refractivity contribution in [2.45, 2.75) is 19.3 Å². The van der Waals surface area contributed by atoms with E-state index in [-0.39, 0.29) is 5.91 Å². The fraction of sp³-hybridized carbons (Fsp3) is 0.227. The first-order chi connectivity index (χ1) is 13.3. The molecule has 27 heavy (non-hydrogen) atoms. The molecule has 1 saturated heterocycles. The van der Waals surface area contributed by atoms with Crippen molar-refractivity contribution in [2.75, 3.05) is 18.4 Å². The molecule has 1 aliphatic heterocycles. The van der Waals surface area contributed by atoms with Crippen LogP contribution in [0.25, 0.3) is 11.3 Å². The lowest BCUT2D eigenvalue weighted by Gasteiger charge is -2.26. The van der Waals surface area contributed by atoms with Gasteiger partial charge in [0.2, 0.25) is 5.95 Å². The first-order valence-electron chi connectivity index (χ1n) is 9.34. The number of nitrogens with zero attached hydrogens (tertiary/aromatic N) is 3. The maximum absolute atomic E-state index is 12.6. The Labute approximate surface area is 159 Å². The van der Waals surface area contributed by atoms with E-state index in [2.05, 4.69) is 15.3 Å². The van der Waals surface area contributed by atoms with Crippen LogP contribution < -0.4 is 5.32 Å².